The molecule has 0 fully saturated rings. The first-order valence-corrected chi connectivity index (χ1v) is 4.30. The van der Waals surface area contributed by atoms with Gasteiger partial charge in [0.25, 0.3) is 0 Å². The van der Waals surface area contributed by atoms with Crippen LogP contribution in [0, 0.1) is 11.3 Å². The minimum absolute atomic E-state index is 0.119. The lowest BCUT2D eigenvalue weighted by atomic mass is 9.74. The Kier molecular flexibility index (Phi) is 1.53. The molecule has 0 amide bonds. The van der Waals surface area contributed by atoms with E-state index >= 15 is 0 Å². The average Bonchev–Trinajstić information content (AvgIpc) is 2.06. The third-order valence-corrected chi connectivity index (χ3v) is 2.57. The largest absolute Gasteiger partial charge is 0.265 e. The summed E-state index contributed by atoms with van der Waals surface area (Å²) in [5, 5.41) is 0. The van der Waals surface area contributed by atoms with Gasteiger partial charge in [-0.2, -0.15) is 0 Å². The molecule has 1 nitrogen and oxygen atoms in total. The highest BCUT2D eigenvalue weighted by atomic mass is 14.8. The van der Waals surface area contributed by atoms with Gasteiger partial charge in [0, 0.05) is 23.2 Å². The molecule has 1 aliphatic heterocycles. The van der Waals surface area contributed by atoms with E-state index in [0.29, 0.717) is 5.92 Å². The molecule has 0 aromatic heterocycles. The summed E-state index contributed by atoms with van der Waals surface area (Å²) in [5.41, 5.74) is 1.24. The molecule has 1 heterocycles. The Bertz CT molecular complexity index is 307. The van der Waals surface area contributed by atoms with Crippen molar-refractivity contribution in [3.63, 3.8) is 0 Å². The van der Waals surface area contributed by atoms with Crippen LogP contribution < -0.4 is 0 Å². The number of hydrogen-bond acceptors (Lipinski definition) is 1. The number of aliphatic imine (C=N–C) groups is 1. The Hall–Kier alpha value is -1.11. The molecule has 62 valence electrons. The van der Waals surface area contributed by atoms with Crippen LogP contribution in [0.2, 0.25) is 0 Å². The normalized spacial score (nSPS) is 37.8. The van der Waals surface area contributed by atoms with E-state index in [4.69, 9.17) is 0 Å². The smallest absolute Gasteiger partial charge is 0.0335 e. The van der Waals surface area contributed by atoms with Crippen LogP contribution in [0.25, 0.3) is 0 Å². The van der Waals surface area contributed by atoms with Gasteiger partial charge < -0.3 is 0 Å². The lowest BCUT2D eigenvalue weighted by Gasteiger charge is -2.32. The molecular weight excluding hydrogens is 146 g/mol. The summed E-state index contributed by atoms with van der Waals surface area (Å²) >= 11 is 0. The zero-order valence-corrected chi connectivity index (χ0v) is 7.49. The molecule has 2 rings (SSSR count). The maximum Gasteiger partial charge on any atom is 0.0335 e. The van der Waals surface area contributed by atoms with Gasteiger partial charge in [-0.1, -0.05) is 37.3 Å². The van der Waals surface area contributed by atoms with Crippen molar-refractivity contribution in [2.75, 3.05) is 0 Å². The molecule has 2 unspecified atom stereocenters. The Morgan fingerprint density at radius 2 is 2.25 bits per heavy atom. The van der Waals surface area contributed by atoms with E-state index in [0.717, 1.165) is 5.70 Å². The van der Waals surface area contributed by atoms with Crippen LogP contribution in [0.1, 0.15) is 13.8 Å². The van der Waals surface area contributed by atoms with Crippen molar-refractivity contribution < 1.29 is 0 Å². The molecule has 1 heteroatoms. The lowest BCUT2D eigenvalue weighted by Crippen LogP contribution is -2.28. The van der Waals surface area contributed by atoms with Crippen LogP contribution in [0.4, 0.5) is 0 Å². The fourth-order valence-corrected chi connectivity index (χ4v) is 1.67. The van der Waals surface area contributed by atoms with E-state index in [-0.39, 0.29) is 5.41 Å². The molecule has 0 saturated carbocycles. The number of hydrogen-bond donors (Lipinski definition) is 0. The SMILES string of the molecule is CC1=CC2C=CC=CC2(C)C=N1. The van der Waals surface area contributed by atoms with E-state index in [1.54, 1.807) is 0 Å². The molecule has 0 spiro atoms. The van der Waals surface area contributed by atoms with Gasteiger partial charge in [0.1, 0.15) is 0 Å². The summed E-state index contributed by atoms with van der Waals surface area (Å²) in [6, 6.07) is 0. The van der Waals surface area contributed by atoms with Crippen molar-refractivity contribution in [1.82, 2.24) is 0 Å². The zero-order chi connectivity index (χ0) is 8.60. The second kappa shape index (κ2) is 2.44. The van der Waals surface area contributed by atoms with Gasteiger partial charge in [-0.15, -0.1) is 0 Å². The minimum atomic E-state index is 0.119. The molecule has 2 atom stereocenters. The van der Waals surface area contributed by atoms with E-state index in [9.17, 15) is 0 Å². The lowest BCUT2D eigenvalue weighted by molar-refractivity contribution is 0.496. The highest BCUT2D eigenvalue weighted by Crippen LogP contribution is 2.35. The van der Waals surface area contributed by atoms with E-state index in [1.165, 1.54) is 0 Å². The Morgan fingerprint density at radius 3 is 3.08 bits per heavy atom. The molecule has 0 aromatic carbocycles. The third-order valence-electron chi connectivity index (χ3n) is 2.57. The first-order chi connectivity index (χ1) is 5.71. The van der Waals surface area contributed by atoms with Crippen molar-refractivity contribution in [2.24, 2.45) is 16.3 Å². The highest BCUT2D eigenvalue weighted by Gasteiger charge is 2.30. The molecule has 0 N–H and O–H groups in total. The molecule has 0 saturated heterocycles. The van der Waals surface area contributed by atoms with Crippen LogP contribution in [0.15, 0.2) is 41.1 Å². The van der Waals surface area contributed by atoms with Gasteiger partial charge in [-0.3, -0.25) is 4.99 Å². The molecule has 0 aromatic rings. The van der Waals surface area contributed by atoms with Crippen LogP contribution in [-0.4, -0.2) is 6.21 Å². The number of rotatable bonds is 0. The number of nitrogens with zero attached hydrogens (tertiary/aromatic N) is 1. The van der Waals surface area contributed by atoms with Crippen molar-refractivity contribution in [1.29, 1.82) is 0 Å². The maximum atomic E-state index is 4.34. The van der Waals surface area contributed by atoms with Crippen LogP contribution in [-0.2, 0) is 0 Å². The van der Waals surface area contributed by atoms with Crippen molar-refractivity contribution in [2.45, 2.75) is 13.8 Å². The van der Waals surface area contributed by atoms with Crippen molar-refractivity contribution in [3.05, 3.63) is 36.1 Å². The van der Waals surface area contributed by atoms with Gasteiger partial charge in [0.2, 0.25) is 0 Å². The van der Waals surface area contributed by atoms with Gasteiger partial charge in [0.15, 0.2) is 0 Å². The maximum absolute atomic E-state index is 4.34. The zero-order valence-electron chi connectivity index (χ0n) is 7.49. The van der Waals surface area contributed by atoms with Crippen LogP contribution in [0.3, 0.4) is 0 Å². The van der Waals surface area contributed by atoms with Gasteiger partial charge in [-0.25, -0.2) is 0 Å². The van der Waals surface area contributed by atoms with E-state index in [2.05, 4.69) is 42.3 Å². The van der Waals surface area contributed by atoms with Gasteiger partial charge in [0.05, 0.1) is 0 Å². The van der Waals surface area contributed by atoms with E-state index < -0.39 is 0 Å². The standard InChI is InChI=1S/C11H13N/c1-9-7-10-5-3-4-6-11(10,2)8-12-9/h3-8,10H,1-2H3. The Labute approximate surface area is 73.2 Å². The molecule has 2 aliphatic rings. The summed E-state index contributed by atoms with van der Waals surface area (Å²) < 4.78 is 0. The second-order valence-electron chi connectivity index (χ2n) is 3.70. The topological polar surface area (TPSA) is 12.4 Å². The summed E-state index contributed by atoms with van der Waals surface area (Å²) in [5.74, 6) is 0.500. The summed E-state index contributed by atoms with van der Waals surface area (Å²) in [4.78, 5) is 4.34. The highest BCUT2D eigenvalue weighted by molar-refractivity contribution is 5.73. The first-order valence-electron chi connectivity index (χ1n) is 4.30. The van der Waals surface area contributed by atoms with Gasteiger partial charge >= 0.3 is 0 Å². The minimum Gasteiger partial charge on any atom is -0.265 e. The molecule has 0 bridgehead atoms. The van der Waals surface area contributed by atoms with E-state index in [1.807, 2.05) is 13.1 Å². The molecule has 12 heavy (non-hydrogen) atoms. The second-order valence-corrected chi connectivity index (χ2v) is 3.70. The van der Waals surface area contributed by atoms with Crippen LogP contribution >= 0.6 is 0 Å². The molecular formula is C11H13N. The summed E-state index contributed by atoms with van der Waals surface area (Å²) in [6.07, 6.45) is 12.9. The van der Waals surface area contributed by atoms with Crippen LogP contribution in [0.5, 0.6) is 0 Å². The fraction of sp³-hybridized carbons (Fsp3) is 0.364. The fourth-order valence-electron chi connectivity index (χ4n) is 1.67. The van der Waals surface area contributed by atoms with Crippen molar-refractivity contribution in [3.8, 4) is 0 Å². The summed E-state index contributed by atoms with van der Waals surface area (Å²) in [7, 11) is 0. The summed E-state index contributed by atoms with van der Waals surface area (Å²) in [6.45, 7) is 4.26. The average molecular weight is 159 g/mol. The monoisotopic (exact) mass is 159 g/mol. The number of allylic oxidation sites excluding steroid dienone is 6. The predicted molar refractivity (Wildman–Crippen MR) is 52.1 cm³/mol. The Morgan fingerprint density at radius 1 is 1.42 bits per heavy atom. The van der Waals surface area contributed by atoms with Gasteiger partial charge in [-0.05, 0) is 6.92 Å². The van der Waals surface area contributed by atoms with Crippen molar-refractivity contribution >= 4 is 6.21 Å². The quantitative estimate of drug-likeness (QED) is 0.515. The Balaban J connectivity index is 2.40. The predicted octanol–water partition coefficient (Wildman–Crippen LogP) is 2.72. The first kappa shape index (κ1) is 7.53. The molecule has 1 aliphatic carbocycles. The number of fused-ring (bicyclic) bond motifs is 1. The third kappa shape index (κ3) is 1.06. The molecule has 0 radical (unpaired) electrons.